The first-order valence-corrected chi connectivity index (χ1v) is 7.09. The van der Waals surface area contributed by atoms with Crippen molar-refractivity contribution in [1.82, 2.24) is 5.32 Å². The molecule has 2 aromatic rings. The lowest BCUT2D eigenvalue weighted by Crippen LogP contribution is -2.21. The molecule has 0 spiro atoms. The largest absolute Gasteiger partial charge is 0.497 e. The Morgan fingerprint density at radius 3 is 2.62 bits per heavy atom. The highest BCUT2D eigenvalue weighted by molar-refractivity contribution is 5.34. The number of hydrogen-bond donors (Lipinski definition) is 1. The van der Waals surface area contributed by atoms with E-state index in [9.17, 15) is 0 Å². The van der Waals surface area contributed by atoms with Crippen LogP contribution in [0.3, 0.4) is 0 Å². The third-order valence-electron chi connectivity index (χ3n) is 3.54. The second-order valence-corrected chi connectivity index (χ2v) is 5.01. The molecule has 0 saturated heterocycles. The zero-order valence-electron chi connectivity index (χ0n) is 12.5. The summed E-state index contributed by atoms with van der Waals surface area (Å²) >= 11 is 0. The van der Waals surface area contributed by atoms with Crippen LogP contribution in [0.4, 0.5) is 0 Å². The normalized spacial score (nSPS) is 11.7. The van der Waals surface area contributed by atoms with Gasteiger partial charge in [0.1, 0.15) is 5.75 Å². The summed E-state index contributed by atoms with van der Waals surface area (Å²) in [7, 11) is 1.67. The molecule has 0 fully saturated rings. The van der Waals surface area contributed by atoms with Crippen LogP contribution in [0.25, 0.3) is 0 Å². The standard InChI is InChI=1S/C18H20N2O/c1-14(17-5-3-4-16(12-17)13-19)20-11-10-15-6-8-18(21-2)9-7-15/h3-9,12,14,20H,10-11H2,1-2H3. The van der Waals surface area contributed by atoms with E-state index in [4.69, 9.17) is 10.00 Å². The van der Waals surface area contributed by atoms with E-state index < -0.39 is 0 Å². The summed E-state index contributed by atoms with van der Waals surface area (Å²) in [4.78, 5) is 0. The van der Waals surface area contributed by atoms with Crippen LogP contribution in [-0.4, -0.2) is 13.7 Å². The van der Waals surface area contributed by atoms with Gasteiger partial charge in [-0.2, -0.15) is 5.26 Å². The van der Waals surface area contributed by atoms with Crippen LogP contribution in [-0.2, 0) is 6.42 Å². The fourth-order valence-corrected chi connectivity index (χ4v) is 2.22. The average Bonchev–Trinajstić information content (AvgIpc) is 2.55. The highest BCUT2D eigenvalue weighted by atomic mass is 16.5. The maximum atomic E-state index is 8.93. The molecule has 0 heterocycles. The average molecular weight is 280 g/mol. The summed E-state index contributed by atoms with van der Waals surface area (Å²) in [6, 6.07) is 18.3. The molecule has 0 aromatic heterocycles. The van der Waals surface area contributed by atoms with Crippen molar-refractivity contribution in [2.24, 2.45) is 0 Å². The predicted molar refractivity (Wildman–Crippen MR) is 84.3 cm³/mol. The molecule has 0 saturated carbocycles. The van der Waals surface area contributed by atoms with Gasteiger partial charge in [0, 0.05) is 6.04 Å². The molecule has 0 amide bonds. The number of benzene rings is 2. The number of hydrogen-bond acceptors (Lipinski definition) is 3. The summed E-state index contributed by atoms with van der Waals surface area (Å²) in [5.41, 5.74) is 3.13. The zero-order valence-corrected chi connectivity index (χ0v) is 12.5. The van der Waals surface area contributed by atoms with Gasteiger partial charge in [0.2, 0.25) is 0 Å². The number of nitrogens with zero attached hydrogens (tertiary/aromatic N) is 1. The number of nitriles is 1. The van der Waals surface area contributed by atoms with Crippen molar-refractivity contribution < 1.29 is 4.74 Å². The minimum Gasteiger partial charge on any atom is -0.497 e. The van der Waals surface area contributed by atoms with E-state index >= 15 is 0 Å². The van der Waals surface area contributed by atoms with E-state index in [2.05, 4.69) is 30.4 Å². The molecule has 0 aliphatic rings. The Hall–Kier alpha value is -2.31. The highest BCUT2D eigenvalue weighted by Gasteiger charge is 2.05. The van der Waals surface area contributed by atoms with Crippen molar-refractivity contribution in [3.8, 4) is 11.8 Å². The maximum absolute atomic E-state index is 8.93. The van der Waals surface area contributed by atoms with Crippen molar-refractivity contribution in [3.05, 3.63) is 65.2 Å². The first kappa shape index (κ1) is 15.1. The first-order valence-electron chi connectivity index (χ1n) is 7.09. The van der Waals surface area contributed by atoms with Crippen LogP contribution in [0, 0.1) is 11.3 Å². The van der Waals surface area contributed by atoms with Gasteiger partial charge in [-0.1, -0.05) is 24.3 Å². The topological polar surface area (TPSA) is 45.0 Å². The smallest absolute Gasteiger partial charge is 0.118 e. The third kappa shape index (κ3) is 4.34. The first-order chi connectivity index (χ1) is 10.2. The molecule has 0 bridgehead atoms. The minimum absolute atomic E-state index is 0.233. The molecule has 0 aliphatic heterocycles. The van der Waals surface area contributed by atoms with E-state index in [0.29, 0.717) is 5.56 Å². The quantitative estimate of drug-likeness (QED) is 0.881. The van der Waals surface area contributed by atoms with Crippen molar-refractivity contribution in [2.45, 2.75) is 19.4 Å². The van der Waals surface area contributed by atoms with Crippen LogP contribution in [0.5, 0.6) is 5.75 Å². The van der Waals surface area contributed by atoms with Crippen molar-refractivity contribution in [3.63, 3.8) is 0 Å². The van der Waals surface area contributed by atoms with Gasteiger partial charge in [-0.3, -0.25) is 0 Å². The second kappa shape index (κ2) is 7.47. The fraction of sp³-hybridized carbons (Fsp3) is 0.278. The number of nitrogens with one attached hydrogen (secondary N) is 1. The molecule has 3 nitrogen and oxygen atoms in total. The molecule has 1 N–H and O–H groups in total. The lowest BCUT2D eigenvalue weighted by atomic mass is 10.1. The van der Waals surface area contributed by atoms with Crippen molar-refractivity contribution in [2.75, 3.05) is 13.7 Å². The molecule has 108 valence electrons. The maximum Gasteiger partial charge on any atom is 0.118 e. The zero-order chi connectivity index (χ0) is 15.1. The summed E-state index contributed by atoms with van der Waals surface area (Å²) in [6.45, 7) is 3.01. The highest BCUT2D eigenvalue weighted by Crippen LogP contribution is 2.15. The number of ether oxygens (including phenoxy) is 1. The van der Waals surface area contributed by atoms with Gasteiger partial charge in [0.05, 0.1) is 18.7 Å². The molecule has 0 radical (unpaired) electrons. The van der Waals surface area contributed by atoms with Crippen LogP contribution in [0.1, 0.15) is 29.7 Å². The van der Waals surface area contributed by atoms with Gasteiger partial charge in [0.25, 0.3) is 0 Å². The summed E-state index contributed by atoms with van der Waals surface area (Å²) < 4.78 is 5.15. The fourth-order valence-electron chi connectivity index (χ4n) is 2.22. The summed E-state index contributed by atoms with van der Waals surface area (Å²) in [6.07, 6.45) is 0.965. The Kier molecular flexibility index (Phi) is 5.36. The van der Waals surface area contributed by atoms with Crippen molar-refractivity contribution in [1.29, 1.82) is 5.26 Å². The second-order valence-electron chi connectivity index (χ2n) is 5.01. The molecular weight excluding hydrogens is 260 g/mol. The van der Waals surface area contributed by atoms with E-state index in [0.717, 1.165) is 24.3 Å². The summed E-state index contributed by atoms with van der Waals surface area (Å²) in [5.74, 6) is 0.883. The Morgan fingerprint density at radius 2 is 1.95 bits per heavy atom. The van der Waals surface area contributed by atoms with Gasteiger partial charge in [-0.25, -0.2) is 0 Å². The van der Waals surface area contributed by atoms with Gasteiger partial charge in [-0.05, 0) is 55.3 Å². The minimum atomic E-state index is 0.233. The van der Waals surface area contributed by atoms with Crippen LogP contribution < -0.4 is 10.1 Å². The number of methoxy groups -OCH3 is 1. The Morgan fingerprint density at radius 1 is 1.19 bits per heavy atom. The van der Waals surface area contributed by atoms with Crippen LogP contribution in [0.2, 0.25) is 0 Å². The molecule has 1 unspecified atom stereocenters. The molecule has 2 aromatic carbocycles. The molecular formula is C18H20N2O. The van der Waals surface area contributed by atoms with Gasteiger partial charge in [-0.15, -0.1) is 0 Å². The number of rotatable bonds is 6. The van der Waals surface area contributed by atoms with Crippen LogP contribution >= 0.6 is 0 Å². The van der Waals surface area contributed by atoms with Crippen molar-refractivity contribution >= 4 is 0 Å². The monoisotopic (exact) mass is 280 g/mol. The van der Waals surface area contributed by atoms with E-state index in [1.54, 1.807) is 7.11 Å². The molecule has 0 aliphatic carbocycles. The van der Waals surface area contributed by atoms with Gasteiger partial charge >= 0.3 is 0 Å². The SMILES string of the molecule is COc1ccc(CCNC(C)c2cccc(C#N)c2)cc1. The predicted octanol–water partition coefficient (Wildman–Crippen LogP) is 3.46. The van der Waals surface area contributed by atoms with E-state index in [1.807, 2.05) is 36.4 Å². The van der Waals surface area contributed by atoms with Gasteiger partial charge in [0.15, 0.2) is 0 Å². The molecule has 1 atom stereocenters. The lowest BCUT2D eigenvalue weighted by molar-refractivity contribution is 0.414. The molecule has 21 heavy (non-hydrogen) atoms. The third-order valence-corrected chi connectivity index (χ3v) is 3.54. The van der Waals surface area contributed by atoms with Crippen LogP contribution in [0.15, 0.2) is 48.5 Å². The summed E-state index contributed by atoms with van der Waals surface area (Å²) in [5, 5.41) is 12.4. The lowest BCUT2D eigenvalue weighted by Gasteiger charge is -2.14. The van der Waals surface area contributed by atoms with Gasteiger partial charge < -0.3 is 10.1 Å². The Bertz CT molecular complexity index is 614. The van der Waals surface area contributed by atoms with E-state index in [1.165, 1.54) is 5.56 Å². The van der Waals surface area contributed by atoms with E-state index in [-0.39, 0.29) is 6.04 Å². The Labute approximate surface area is 126 Å². The molecule has 2 rings (SSSR count). The Balaban J connectivity index is 1.85. The molecule has 3 heteroatoms.